The number of hydrogen-bond donors (Lipinski definition) is 1. The van der Waals surface area contributed by atoms with E-state index in [1.807, 2.05) is 33.2 Å². The Kier molecular flexibility index (Phi) is 6.41. The standard InChI is InChI=1S/C9H10O2.C2H7N/c1-7-3-5-8(6-4-7)9(10)11-2;1-3-2/h3-6H,1-2H3;3H,1-2H3. The summed E-state index contributed by atoms with van der Waals surface area (Å²) in [6, 6.07) is 7.26. The van der Waals surface area contributed by atoms with Crippen molar-refractivity contribution in [2.45, 2.75) is 6.92 Å². The molecule has 0 aromatic heterocycles. The van der Waals surface area contributed by atoms with Gasteiger partial charge in [-0.2, -0.15) is 0 Å². The molecule has 0 atom stereocenters. The normalized spacial score (nSPS) is 8.57. The van der Waals surface area contributed by atoms with E-state index in [1.54, 1.807) is 12.1 Å². The molecule has 14 heavy (non-hydrogen) atoms. The number of carbonyl (C=O) groups is 1. The number of methoxy groups -OCH3 is 1. The van der Waals surface area contributed by atoms with Crippen LogP contribution in [0.3, 0.4) is 0 Å². The van der Waals surface area contributed by atoms with Gasteiger partial charge in [0.1, 0.15) is 0 Å². The summed E-state index contributed by atoms with van der Waals surface area (Å²) >= 11 is 0. The minimum absolute atomic E-state index is 0.287. The van der Waals surface area contributed by atoms with Gasteiger partial charge in [0.2, 0.25) is 0 Å². The van der Waals surface area contributed by atoms with E-state index in [-0.39, 0.29) is 5.97 Å². The first kappa shape index (κ1) is 12.7. The van der Waals surface area contributed by atoms with Crippen LogP contribution in [0.2, 0.25) is 0 Å². The van der Waals surface area contributed by atoms with Crippen molar-refractivity contribution >= 4 is 5.97 Å². The quantitative estimate of drug-likeness (QED) is 0.692. The molecular formula is C11H17NO2. The van der Waals surface area contributed by atoms with E-state index >= 15 is 0 Å². The summed E-state index contributed by atoms with van der Waals surface area (Å²) in [5, 5.41) is 2.75. The Morgan fingerprint density at radius 3 is 2.00 bits per heavy atom. The van der Waals surface area contributed by atoms with E-state index in [2.05, 4.69) is 10.1 Å². The average molecular weight is 195 g/mol. The number of benzene rings is 1. The third-order valence-corrected chi connectivity index (χ3v) is 1.47. The Morgan fingerprint density at radius 2 is 1.64 bits per heavy atom. The molecule has 0 aliphatic rings. The van der Waals surface area contributed by atoms with E-state index in [4.69, 9.17) is 0 Å². The molecule has 0 heterocycles. The van der Waals surface area contributed by atoms with Gasteiger partial charge in [0.15, 0.2) is 0 Å². The first-order valence-corrected chi connectivity index (χ1v) is 4.39. The van der Waals surface area contributed by atoms with E-state index < -0.39 is 0 Å². The highest BCUT2D eigenvalue weighted by Gasteiger charge is 2.01. The molecular weight excluding hydrogens is 178 g/mol. The lowest BCUT2D eigenvalue weighted by Crippen LogP contribution is -2.00. The predicted octanol–water partition coefficient (Wildman–Crippen LogP) is 1.62. The number of ether oxygens (including phenoxy) is 1. The highest BCUT2D eigenvalue weighted by atomic mass is 16.5. The van der Waals surface area contributed by atoms with Gasteiger partial charge >= 0.3 is 5.97 Å². The summed E-state index contributed by atoms with van der Waals surface area (Å²) in [4.78, 5) is 10.9. The number of carbonyl (C=O) groups excluding carboxylic acids is 1. The molecule has 3 nitrogen and oxygen atoms in total. The van der Waals surface area contributed by atoms with Crippen molar-refractivity contribution in [1.82, 2.24) is 5.32 Å². The fourth-order valence-electron chi connectivity index (χ4n) is 0.807. The van der Waals surface area contributed by atoms with Crippen LogP contribution in [0.5, 0.6) is 0 Å². The van der Waals surface area contributed by atoms with Gasteiger partial charge in [-0.1, -0.05) is 17.7 Å². The van der Waals surface area contributed by atoms with Crippen LogP contribution in [-0.4, -0.2) is 27.2 Å². The zero-order valence-corrected chi connectivity index (χ0v) is 9.13. The zero-order chi connectivity index (χ0) is 11.0. The van der Waals surface area contributed by atoms with E-state index in [0.29, 0.717) is 5.56 Å². The lowest BCUT2D eigenvalue weighted by atomic mass is 10.2. The van der Waals surface area contributed by atoms with Crippen molar-refractivity contribution in [3.05, 3.63) is 35.4 Å². The van der Waals surface area contributed by atoms with Gasteiger partial charge in [0.05, 0.1) is 12.7 Å². The zero-order valence-electron chi connectivity index (χ0n) is 9.13. The lowest BCUT2D eigenvalue weighted by molar-refractivity contribution is 0.0601. The molecule has 1 rings (SSSR count). The number of rotatable bonds is 1. The monoisotopic (exact) mass is 195 g/mol. The average Bonchev–Trinajstić information content (AvgIpc) is 2.19. The summed E-state index contributed by atoms with van der Waals surface area (Å²) in [6.45, 7) is 1.97. The summed E-state index contributed by atoms with van der Waals surface area (Å²) in [5.74, 6) is -0.287. The van der Waals surface area contributed by atoms with Gasteiger partial charge in [-0.3, -0.25) is 0 Å². The molecule has 0 saturated carbocycles. The van der Waals surface area contributed by atoms with E-state index in [9.17, 15) is 4.79 Å². The Hall–Kier alpha value is -1.35. The van der Waals surface area contributed by atoms with Crippen molar-refractivity contribution < 1.29 is 9.53 Å². The summed E-state index contributed by atoms with van der Waals surface area (Å²) < 4.78 is 4.54. The molecule has 0 bridgehead atoms. The highest BCUT2D eigenvalue weighted by Crippen LogP contribution is 2.03. The smallest absolute Gasteiger partial charge is 0.337 e. The van der Waals surface area contributed by atoms with Gasteiger partial charge < -0.3 is 10.1 Å². The molecule has 78 valence electrons. The summed E-state index contributed by atoms with van der Waals surface area (Å²) in [5.41, 5.74) is 1.73. The molecule has 1 aromatic rings. The first-order valence-electron chi connectivity index (χ1n) is 4.39. The Balaban J connectivity index is 0.000000500. The van der Waals surface area contributed by atoms with Crippen LogP contribution in [0.15, 0.2) is 24.3 Å². The van der Waals surface area contributed by atoms with Crippen molar-refractivity contribution in [1.29, 1.82) is 0 Å². The molecule has 0 saturated heterocycles. The highest BCUT2D eigenvalue weighted by molar-refractivity contribution is 5.89. The van der Waals surface area contributed by atoms with Crippen LogP contribution in [0.1, 0.15) is 15.9 Å². The number of nitrogens with one attached hydrogen (secondary N) is 1. The van der Waals surface area contributed by atoms with Crippen LogP contribution in [-0.2, 0) is 4.74 Å². The molecule has 0 aliphatic heterocycles. The first-order chi connectivity index (χ1) is 6.65. The number of esters is 1. The van der Waals surface area contributed by atoms with Crippen LogP contribution < -0.4 is 5.32 Å². The second kappa shape index (κ2) is 7.09. The molecule has 0 radical (unpaired) electrons. The second-order valence-corrected chi connectivity index (χ2v) is 2.86. The van der Waals surface area contributed by atoms with Gasteiger partial charge in [-0.05, 0) is 33.2 Å². The fourth-order valence-corrected chi connectivity index (χ4v) is 0.807. The SMILES string of the molecule is CNC.COC(=O)c1ccc(C)cc1. The molecule has 0 unspecified atom stereocenters. The molecule has 0 spiro atoms. The van der Waals surface area contributed by atoms with Gasteiger partial charge in [-0.25, -0.2) is 4.79 Å². The molecule has 3 heteroatoms. The van der Waals surface area contributed by atoms with Crippen molar-refractivity contribution in [2.75, 3.05) is 21.2 Å². The number of hydrogen-bond acceptors (Lipinski definition) is 3. The molecule has 1 aromatic carbocycles. The van der Waals surface area contributed by atoms with Gasteiger partial charge in [0.25, 0.3) is 0 Å². The Morgan fingerprint density at radius 1 is 1.21 bits per heavy atom. The van der Waals surface area contributed by atoms with E-state index in [0.717, 1.165) is 5.56 Å². The molecule has 0 aliphatic carbocycles. The maximum absolute atomic E-state index is 10.9. The largest absolute Gasteiger partial charge is 0.465 e. The summed E-state index contributed by atoms with van der Waals surface area (Å²) in [7, 11) is 5.13. The van der Waals surface area contributed by atoms with Gasteiger partial charge in [0, 0.05) is 0 Å². The van der Waals surface area contributed by atoms with Crippen LogP contribution in [0, 0.1) is 6.92 Å². The Bertz CT molecular complexity index is 267. The van der Waals surface area contributed by atoms with Crippen molar-refractivity contribution in [2.24, 2.45) is 0 Å². The maximum atomic E-state index is 10.9. The van der Waals surface area contributed by atoms with Crippen LogP contribution >= 0.6 is 0 Å². The van der Waals surface area contributed by atoms with Crippen molar-refractivity contribution in [3.63, 3.8) is 0 Å². The fraction of sp³-hybridized carbons (Fsp3) is 0.364. The minimum Gasteiger partial charge on any atom is -0.465 e. The van der Waals surface area contributed by atoms with Crippen LogP contribution in [0.4, 0.5) is 0 Å². The third-order valence-electron chi connectivity index (χ3n) is 1.47. The molecule has 0 amide bonds. The van der Waals surface area contributed by atoms with Gasteiger partial charge in [-0.15, -0.1) is 0 Å². The van der Waals surface area contributed by atoms with Crippen LogP contribution in [0.25, 0.3) is 0 Å². The number of aryl methyl sites for hydroxylation is 1. The minimum atomic E-state index is -0.287. The lowest BCUT2D eigenvalue weighted by Gasteiger charge is -1.97. The third kappa shape index (κ3) is 4.62. The van der Waals surface area contributed by atoms with E-state index in [1.165, 1.54) is 7.11 Å². The predicted molar refractivity (Wildman–Crippen MR) is 57.5 cm³/mol. The molecule has 1 N–H and O–H groups in total. The summed E-state index contributed by atoms with van der Waals surface area (Å²) in [6.07, 6.45) is 0. The topological polar surface area (TPSA) is 38.3 Å². The van der Waals surface area contributed by atoms with Crippen molar-refractivity contribution in [3.8, 4) is 0 Å². The molecule has 0 fully saturated rings. The second-order valence-electron chi connectivity index (χ2n) is 2.86. The Labute approximate surface area is 85.1 Å². The maximum Gasteiger partial charge on any atom is 0.337 e.